The molecule has 300 valence electrons. The molecular formula is C42H62N8O5. The molecule has 3 N–H and O–H groups in total. The summed E-state index contributed by atoms with van der Waals surface area (Å²) >= 11 is 0. The van der Waals surface area contributed by atoms with E-state index >= 15 is 0 Å². The summed E-state index contributed by atoms with van der Waals surface area (Å²) in [6.07, 6.45) is 8.57. The Morgan fingerprint density at radius 1 is 1.04 bits per heavy atom. The Bertz CT molecular complexity index is 1800. The van der Waals surface area contributed by atoms with Crippen molar-refractivity contribution >= 4 is 40.4 Å². The zero-order valence-electron chi connectivity index (χ0n) is 33.7. The Kier molecular flexibility index (Phi) is 14.7. The summed E-state index contributed by atoms with van der Waals surface area (Å²) in [6.45, 7) is 18.7. The van der Waals surface area contributed by atoms with E-state index in [1.165, 1.54) is 17.4 Å². The average molecular weight is 759 g/mol. The van der Waals surface area contributed by atoms with Gasteiger partial charge in [0.15, 0.2) is 5.82 Å². The molecule has 3 aromatic rings. The van der Waals surface area contributed by atoms with Gasteiger partial charge in [0, 0.05) is 75.0 Å². The molecule has 2 unspecified atom stereocenters. The molecule has 13 heteroatoms. The van der Waals surface area contributed by atoms with Crippen LogP contribution in [0.4, 0.5) is 11.8 Å². The number of ketones is 1. The molecule has 5 rings (SSSR count). The van der Waals surface area contributed by atoms with Crippen molar-refractivity contribution in [2.45, 2.75) is 92.2 Å². The highest BCUT2D eigenvalue weighted by Gasteiger charge is 2.50. The number of hydrogen-bond donors (Lipinski definition) is 2. The fraction of sp³-hybridized carbons (Fsp3) is 0.595. The molecule has 2 aliphatic heterocycles. The molecule has 0 spiro atoms. The number of piperazine rings is 1. The topological polar surface area (TPSA) is 148 Å². The van der Waals surface area contributed by atoms with Gasteiger partial charge < -0.3 is 30.0 Å². The smallest absolute Gasteiger partial charge is 0.233 e. The summed E-state index contributed by atoms with van der Waals surface area (Å²) in [5.74, 6) is 0.790. The number of anilines is 2. The molecule has 0 saturated carbocycles. The van der Waals surface area contributed by atoms with Gasteiger partial charge in [-0.25, -0.2) is 4.98 Å². The van der Waals surface area contributed by atoms with Gasteiger partial charge in [0.25, 0.3) is 0 Å². The number of hydrogen-bond acceptors (Lipinski definition) is 11. The van der Waals surface area contributed by atoms with Gasteiger partial charge in [0.05, 0.1) is 44.8 Å². The maximum Gasteiger partial charge on any atom is 0.233 e. The van der Waals surface area contributed by atoms with E-state index in [2.05, 4.69) is 68.3 Å². The minimum absolute atomic E-state index is 0.0276. The van der Waals surface area contributed by atoms with Crippen molar-refractivity contribution in [3.63, 3.8) is 0 Å². The number of nitrogens with zero attached hydrogens (tertiary/aromatic N) is 6. The van der Waals surface area contributed by atoms with Crippen molar-refractivity contribution < 1.29 is 23.9 Å². The fourth-order valence-electron chi connectivity index (χ4n) is 7.80. The van der Waals surface area contributed by atoms with Crippen molar-refractivity contribution in [3.05, 3.63) is 53.9 Å². The summed E-state index contributed by atoms with van der Waals surface area (Å²) in [7, 11) is 1.72. The number of methoxy groups -OCH3 is 1. The lowest BCUT2D eigenvalue weighted by Gasteiger charge is -2.37. The number of ether oxygens (including phenoxy) is 2. The van der Waals surface area contributed by atoms with Gasteiger partial charge in [-0.2, -0.15) is 4.98 Å². The first-order valence-corrected chi connectivity index (χ1v) is 20.1. The van der Waals surface area contributed by atoms with Crippen LogP contribution in [0.5, 0.6) is 5.75 Å². The van der Waals surface area contributed by atoms with E-state index in [0.29, 0.717) is 26.0 Å². The lowest BCUT2D eigenvalue weighted by atomic mass is 9.70. The SMILES string of the molecule is C=C(CCOCCN1C(=O)CC(C(C)(CCCC)C(C)=O)C1=O)N1CCN(Cc2ccc(Cn3ccc4nc(N)nc(NCCCCC)c43)c(OC)c2)CC1. The molecule has 2 atom stereocenters. The number of amides is 2. The van der Waals surface area contributed by atoms with Crippen LogP contribution >= 0.6 is 0 Å². The lowest BCUT2D eigenvalue weighted by Crippen LogP contribution is -2.45. The summed E-state index contributed by atoms with van der Waals surface area (Å²) in [5.41, 5.74) is 10.3. The maximum absolute atomic E-state index is 13.2. The molecule has 2 aliphatic rings. The Balaban J connectivity index is 1.06. The number of carbonyl (C=O) groups is 3. The van der Waals surface area contributed by atoms with Gasteiger partial charge >= 0.3 is 0 Å². The predicted molar refractivity (Wildman–Crippen MR) is 217 cm³/mol. The summed E-state index contributed by atoms with van der Waals surface area (Å²) in [5, 5.41) is 3.47. The van der Waals surface area contributed by atoms with Crippen LogP contribution < -0.4 is 15.8 Å². The van der Waals surface area contributed by atoms with E-state index in [4.69, 9.17) is 15.2 Å². The predicted octanol–water partition coefficient (Wildman–Crippen LogP) is 5.87. The van der Waals surface area contributed by atoms with Crippen LogP contribution in [0.25, 0.3) is 11.0 Å². The zero-order chi connectivity index (χ0) is 39.5. The molecule has 4 heterocycles. The van der Waals surface area contributed by atoms with Gasteiger partial charge in [-0.3, -0.25) is 24.2 Å². The lowest BCUT2D eigenvalue weighted by molar-refractivity contribution is -0.144. The highest BCUT2D eigenvalue weighted by molar-refractivity contribution is 6.06. The molecular weight excluding hydrogens is 697 g/mol. The van der Waals surface area contributed by atoms with Crippen molar-refractivity contribution in [3.8, 4) is 5.75 Å². The Labute approximate surface area is 326 Å². The molecule has 55 heavy (non-hydrogen) atoms. The second kappa shape index (κ2) is 19.4. The number of unbranched alkanes of at least 4 members (excludes halogenated alkanes) is 3. The average Bonchev–Trinajstić information content (AvgIpc) is 3.71. The van der Waals surface area contributed by atoms with Crippen LogP contribution in [0, 0.1) is 11.3 Å². The minimum atomic E-state index is -0.806. The number of nitrogens with two attached hydrogens (primary N) is 1. The van der Waals surface area contributed by atoms with E-state index in [-0.39, 0.29) is 43.1 Å². The van der Waals surface area contributed by atoms with Crippen LogP contribution in [-0.2, 0) is 32.2 Å². The number of likely N-dealkylation sites (tertiary alicyclic amines) is 1. The van der Waals surface area contributed by atoms with Crippen LogP contribution in [0.2, 0.25) is 0 Å². The highest BCUT2D eigenvalue weighted by Crippen LogP contribution is 2.41. The van der Waals surface area contributed by atoms with Crippen molar-refractivity contribution in [1.29, 1.82) is 0 Å². The fourth-order valence-corrected chi connectivity index (χ4v) is 7.80. The van der Waals surface area contributed by atoms with Crippen LogP contribution in [0.3, 0.4) is 0 Å². The zero-order valence-corrected chi connectivity index (χ0v) is 33.7. The third-order valence-corrected chi connectivity index (χ3v) is 11.5. The number of Topliss-reactive ketones (excluding diaryl/α,β-unsaturated/α-hetero) is 1. The minimum Gasteiger partial charge on any atom is -0.496 e. The maximum atomic E-state index is 13.2. The van der Waals surface area contributed by atoms with Gasteiger partial charge in [-0.05, 0) is 37.5 Å². The number of aromatic nitrogens is 3. The molecule has 2 amide bonds. The van der Waals surface area contributed by atoms with Gasteiger partial charge in [-0.1, -0.05) is 65.2 Å². The number of rotatable bonds is 22. The van der Waals surface area contributed by atoms with Crippen molar-refractivity contribution in [1.82, 2.24) is 29.2 Å². The quantitative estimate of drug-likeness (QED) is 0.0937. The second-order valence-electron chi connectivity index (χ2n) is 15.3. The normalized spacial score (nSPS) is 17.6. The van der Waals surface area contributed by atoms with E-state index in [1.807, 2.05) is 19.2 Å². The Morgan fingerprint density at radius 2 is 1.80 bits per heavy atom. The van der Waals surface area contributed by atoms with Crippen LogP contribution in [0.15, 0.2) is 42.7 Å². The first-order chi connectivity index (χ1) is 26.5. The standard InChI is InChI=1S/C42H62N8O5/c1-7-9-11-17-44-39-38-35(45-41(43)46-39)14-18-49(38)29-33-13-12-32(26-36(33)54-6)28-47-19-21-48(22-20-47)30(3)15-24-55-25-23-50-37(52)27-34(40(50)53)42(5,31(4)51)16-10-8-2/h12-14,18,26,34H,3,7-11,15-17,19-25,27-29H2,1-2,4-6H3,(H3,43,44,45,46). The molecule has 2 aromatic heterocycles. The number of nitrogen functional groups attached to an aromatic ring is 1. The first-order valence-electron chi connectivity index (χ1n) is 20.1. The van der Waals surface area contributed by atoms with Crippen LogP contribution in [-0.4, -0.2) is 106 Å². The molecule has 0 aliphatic carbocycles. The monoisotopic (exact) mass is 758 g/mol. The van der Waals surface area contributed by atoms with Gasteiger partial charge in [-0.15, -0.1) is 0 Å². The summed E-state index contributed by atoms with van der Waals surface area (Å²) in [4.78, 5) is 53.5. The van der Waals surface area contributed by atoms with Crippen molar-refractivity contribution in [2.75, 3.05) is 70.6 Å². The van der Waals surface area contributed by atoms with Gasteiger partial charge in [0.1, 0.15) is 17.0 Å². The number of fused-ring (bicyclic) bond motifs is 1. The molecule has 2 saturated heterocycles. The van der Waals surface area contributed by atoms with E-state index in [0.717, 1.165) is 105 Å². The third kappa shape index (κ3) is 10.2. The highest BCUT2D eigenvalue weighted by atomic mass is 16.5. The van der Waals surface area contributed by atoms with Crippen LogP contribution in [0.1, 0.15) is 90.2 Å². The summed E-state index contributed by atoms with van der Waals surface area (Å²) < 4.78 is 13.9. The number of benzene rings is 1. The molecule has 0 bridgehead atoms. The summed E-state index contributed by atoms with van der Waals surface area (Å²) in [6, 6.07) is 8.45. The van der Waals surface area contributed by atoms with E-state index in [1.54, 1.807) is 7.11 Å². The number of carbonyl (C=O) groups excluding carboxylic acids is 3. The van der Waals surface area contributed by atoms with E-state index in [9.17, 15) is 14.4 Å². The molecule has 0 radical (unpaired) electrons. The number of imide groups is 1. The van der Waals surface area contributed by atoms with Crippen molar-refractivity contribution in [2.24, 2.45) is 11.3 Å². The largest absolute Gasteiger partial charge is 0.496 e. The molecule has 13 nitrogen and oxygen atoms in total. The molecule has 1 aromatic carbocycles. The number of nitrogens with one attached hydrogen (secondary N) is 1. The Morgan fingerprint density at radius 3 is 2.51 bits per heavy atom. The second-order valence-corrected chi connectivity index (χ2v) is 15.3. The van der Waals surface area contributed by atoms with Gasteiger partial charge in [0.2, 0.25) is 17.8 Å². The van der Waals surface area contributed by atoms with E-state index < -0.39 is 11.3 Å². The third-order valence-electron chi connectivity index (χ3n) is 11.5. The molecule has 2 fully saturated rings. The first kappa shape index (κ1) is 41.7. The Hall–Kier alpha value is -4.49.